The van der Waals surface area contributed by atoms with Gasteiger partial charge in [0.15, 0.2) is 0 Å². The van der Waals surface area contributed by atoms with Crippen LogP contribution in [-0.2, 0) is 29.5 Å². The first-order chi connectivity index (χ1) is 16.5. The molecule has 0 saturated carbocycles. The molecule has 1 unspecified atom stereocenters. The van der Waals surface area contributed by atoms with Gasteiger partial charge in [0.1, 0.15) is 0 Å². The zero-order chi connectivity index (χ0) is 23.5. The van der Waals surface area contributed by atoms with E-state index < -0.39 is 10.0 Å². The predicted molar refractivity (Wildman–Crippen MR) is 155 cm³/mol. The second kappa shape index (κ2) is 13.3. The van der Waals surface area contributed by atoms with Crippen molar-refractivity contribution in [1.82, 2.24) is 19.3 Å². The molecule has 11 heteroatoms. The number of aromatic nitrogens is 3. The topological polar surface area (TPSA) is 82.2 Å². The second-order valence-electron chi connectivity index (χ2n) is 8.69. The normalized spacial score (nSPS) is 15.4. The first-order valence-corrected chi connectivity index (χ1v) is 13.1. The molecule has 5 rings (SSSR count). The minimum atomic E-state index is -3.45. The summed E-state index contributed by atoms with van der Waals surface area (Å²) in [5.74, 6) is 0. The number of pyridine rings is 1. The van der Waals surface area contributed by atoms with Gasteiger partial charge in [0.05, 0.1) is 24.8 Å². The number of sulfonamides is 1. The third-order valence-corrected chi connectivity index (χ3v) is 7.53. The largest absolute Gasteiger partial charge is 0.364 e. The van der Waals surface area contributed by atoms with Crippen molar-refractivity contribution in [3.8, 4) is 11.1 Å². The van der Waals surface area contributed by atoms with Gasteiger partial charge in [-0.2, -0.15) is 4.31 Å². The maximum absolute atomic E-state index is 13.0. The molecule has 1 aliphatic rings. The zero-order valence-electron chi connectivity index (χ0n) is 20.2. The first-order valence-electron chi connectivity index (χ1n) is 11.2. The Labute approximate surface area is 236 Å². The van der Waals surface area contributed by atoms with Crippen LogP contribution in [0.25, 0.3) is 11.1 Å². The van der Waals surface area contributed by atoms with Crippen molar-refractivity contribution < 1.29 is 8.42 Å². The molecule has 198 valence electrons. The molecule has 4 aromatic rings. The number of hydrogen-bond donors (Lipinski definition) is 1. The van der Waals surface area contributed by atoms with Crippen LogP contribution in [0.3, 0.4) is 0 Å². The summed E-state index contributed by atoms with van der Waals surface area (Å²) in [5.41, 5.74) is 6.21. The summed E-state index contributed by atoms with van der Waals surface area (Å²) in [7, 11) is -3.45. The Balaban J connectivity index is 0.00000160. The molecule has 7 nitrogen and oxygen atoms in total. The highest BCUT2D eigenvalue weighted by Crippen LogP contribution is 2.34. The highest BCUT2D eigenvalue weighted by molar-refractivity contribution is 7.88. The summed E-state index contributed by atoms with van der Waals surface area (Å²) in [4.78, 5) is 13.7. The average Bonchev–Trinajstić information content (AvgIpc) is 3.30. The Bertz CT molecular complexity index is 1360. The van der Waals surface area contributed by atoms with E-state index in [9.17, 15) is 8.42 Å². The lowest BCUT2D eigenvalue weighted by Crippen LogP contribution is -2.45. The van der Waals surface area contributed by atoms with E-state index in [0.29, 0.717) is 26.1 Å². The smallest absolute Gasteiger partial charge is 0.211 e. The maximum atomic E-state index is 13.0. The monoisotopic (exact) mass is 581 g/mol. The van der Waals surface area contributed by atoms with Crippen molar-refractivity contribution in [2.24, 2.45) is 0 Å². The Morgan fingerprint density at radius 3 is 2.32 bits per heavy atom. The van der Waals surface area contributed by atoms with E-state index in [-0.39, 0.29) is 43.3 Å². The van der Waals surface area contributed by atoms with Gasteiger partial charge in [0, 0.05) is 43.4 Å². The van der Waals surface area contributed by atoms with Crippen molar-refractivity contribution in [1.29, 1.82) is 0 Å². The van der Waals surface area contributed by atoms with E-state index in [0.717, 1.165) is 33.6 Å². The van der Waals surface area contributed by atoms with Crippen molar-refractivity contribution in [2.45, 2.75) is 25.6 Å². The summed E-state index contributed by atoms with van der Waals surface area (Å²) in [6.45, 7) is 1.51. The molecule has 2 aromatic heterocycles. The van der Waals surface area contributed by atoms with Gasteiger partial charge in [-0.3, -0.25) is 4.98 Å². The molecule has 3 heterocycles. The third-order valence-electron chi connectivity index (χ3n) is 6.25. The van der Waals surface area contributed by atoms with Crippen LogP contribution >= 0.6 is 37.2 Å². The molecule has 0 spiro atoms. The number of anilines is 1. The number of halogens is 3. The fraction of sp³-hybridized carbons (Fsp3) is 0.231. The number of fused-ring (bicyclic) bond motifs is 1. The lowest BCUT2D eigenvalue weighted by Gasteiger charge is -2.31. The fourth-order valence-corrected chi connectivity index (χ4v) is 5.71. The molecular formula is C26H30Cl3N5O2S. The summed E-state index contributed by atoms with van der Waals surface area (Å²) in [6.07, 6.45) is 8.97. The van der Waals surface area contributed by atoms with E-state index in [1.165, 1.54) is 6.26 Å². The Morgan fingerprint density at radius 1 is 0.946 bits per heavy atom. The second-order valence-corrected chi connectivity index (χ2v) is 10.6. The number of nitrogens with one attached hydrogen (secondary N) is 1. The predicted octanol–water partition coefficient (Wildman–Crippen LogP) is 5.13. The number of nitrogens with zero attached hydrogens (tertiary/aromatic N) is 4. The number of H-pyrrole nitrogens is 1. The summed E-state index contributed by atoms with van der Waals surface area (Å²) in [6, 6.07) is 20.1. The van der Waals surface area contributed by atoms with Crippen LogP contribution < -0.4 is 4.90 Å². The van der Waals surface area contributed by atoms with Crippen molar-refractivity contribution in [3.05, 3.63) is 102 Å². The Kier molecular flexibility index (Phi) is 11.0. The van der Waals surface area contributed by atoms with E-state index >= 15 is 0 Å². The van der Waals surface area contributed by atoms with Gasteiger partial charge in [-0.15, -0.1) is 37.2 Å². The van der Waals surface area contributed by atoms with E-state index in [2.05, 4.69) is 50.2 Å². The number of hydrogen-bond acceptors (Lipinski definition) is 5. The van der Waals surface area contributed by atoms with Crippen LogP contribution in [0.1, 0.15) is 16.8 Å². The van der Waals surface area contributed by atoms with Crippen molar-refractivity contribution in [3.63, 3.8) is 0 Å². The van der Waals surface area contributed by atoms with Gasteiger partial charge in [-0.1, -0.05) is 36.4 Å². The van der Waals surface area contributed by atoms with Crippen molar-refractivity contribution in [2.75, 3.05) is 17.7 Å². The molecular weight excluding hydrogens is 553 g/mol. The van der Waals surface area contributed by atoms with Crippen LogP contribution in [0.15, 0.2) is 85.6 Å². The van der Waals surface area contributed by atoms with E-state index in [4.69, 9.17) is 0 Å². The first kappa shape index (κ1) is 30.6. The van der Waals surface area contributed by atoms with E-state index in [1.807, 2.05) is 36.5 Å². The number of rotatable bonds is 6. The van der Waals surface area contributed by atoms with Crippen LogP contribution in [0, 0.1) is 0 Å². The maximum Gasteiger partial charge on any atom is 0.211 e. The van der Waals surface area contributed by atoms with Crippen LogP contribution in [0.4, 0.5) is 5.69 Å². The minimum absolute atomic E-state index is 0. The quantitative estimate of drug-likeness (QED) is 0.341. The number of benzene rings is 2. The highest BCUT2D eigenvalue weighted by Gasteiger charge is 2.33. The van der Waals surface area contributed by atoms with Crippen LogP contribution in [-0.4, -0.2) is 46.5 Å². The average molecular weight is 583 g/mol. The van der Waals surface area contributed by atoms with Crippen molar-refractivity contribution >= 4 is 52.9 Å². The third kappa shape index (κ3) is 7.24. The van der Waals surface area contributed by atoms with Gasteiger partial charge < -0.3 is 9.88 Å². The molecule has 1 atom stereocenters. The number of aromatic amines is 1. The van der Waals surface area contributed by atoms with Gasteiger partial charge in [-0.25, -0.2) is 13.4 Å². The fourth-order valence-electron chi connectivity index (χ4n) is 4.65. The standard InChI is InChI=1S/C26H27N5O2S.3ClH/c1-34(32,33)31-16-23-14-22(21-9-11-27-12-10-21)7-8-26(23)30(17-24-15-28-19-29-24)18-25(31)13-20-5-3-2-4-6-20;;;/h2-12,14-15,19,25H,13,16-18H2,1H3,(H,28,29);3*1H. The summed E-state index contributed by atoms with van der Waals surface area (Å²) >= 11 is 0. The Hall–Kier alpha value is -2.62. The molecule has 0 bridgehead atoms. The SMILES string of the molecule is CS(=O)(=O)N1Cc2cc(-c3ccncc3)ccc2N(Cc2cnc[nH]2)CC1Cc1ccccc1.Cl.Cl.Cl. The zero-order valence-corrected chi connectivity index (χ0v) is 23.5. The molecule has 0 aliphatic carbocycles. The molecule has 0 amide bonds. The summed E-state index contributed by atoms with van der Waals surface area (Å²) < 4.78 is 27.7. The molecule has 1 N–H and O–H groups in total. The van der Waals surface area contributed by atoms with Gasteiger partial charge in [0.25, 0.3) is 0 Å². The molecule has 1 aliphatic heterocycles. The van der Waals surface area contributed by atoms with Gasteiger partial charge in [-0.05, 0) is 52.9 Å². The number of imidazole rings is 1. The van der Waals surface area contributed by atoms with Gasteiger partial charge >= 0.3 is 0 Å². The molecule has 0 fully saturated rings. The molecule has 2 aromatic carbocycles. The highest BCUT2D eigenvalue weighted by atomic mass is 35.5. The van der Waals surface area contributed by atoms with Crippen LogP contribution in [0.2, 0.25) is 0 Å². The lowest BCUT2D eigenvalue weighted by molar-refractivity contribution is 0.320. The Morgan fingerprint density at radius 2 is 1.68 bits per heavy atom. The molecule has 0 radical (unpaired) electrons. The van der Waals surface area contributed by atoms with Gasteiger partial charge in [0.2, 0.25) is 10.0 Å². The van der Waals surface area contributed by atoms with E-state index in [1.54, 1.807) is 23.0 Å². The van der Waals surface area contributed by atoms with Crippen LogP contribution in [0.5, 0.6) is 0 Å². The molecule has 37 heavy (non-hydrogen) atoms. The molecule has 0 saturated heterocycles. The minimum Gasteiger partial charge on any atom is -0.364 e. The summed E-state index contributed by atoms with van der Waals surface area (Å²) in [5, 5.41) is 0. The lowest BCUT2D eigenvalue weighted by atomic mass is 10.0.